The van der Waals surface area contributed by atoms with Gasteiger partial charge < -0.3 is 10.0 Å². The molecule has 0 radical (unpaired) electrons. The van der Waals surface area contributed by atoms with Crippen molar-refractivity contribution in [3.63, 3.8) is 0 Å². The van der Waals surface area contributed by atoms with Crippen LogP contribution in [0.5, 0.6) is 0 Å². The van der Waals surface area contributed by atoms with Crippen LogP contribution in [-0.4, -0.2) is 36.2 Å². The number of thiophene rings is 1. The molecule has 1 unspecified atom stereocenters. The molecule has 1 aromatic rings. The Morgan fingerprint density at radius 1 is 1.56 bits per heavy atom. The minimum atomic E-state index is 0.235. The second-order valence-electron chi connectivity index (χ2n) is 5.43. The number of aliphatic hydroxyl groups is 1. The van der Waals surface area contributed by atoms with Gasteiger partial charge in [0.2, 0.25) is 0 Å². The minimum Gasteiger partial charge on any atom is -0.396 e. The summed E-state index contributed by atoms with van der Waals surface area (Å²) in [5, 5.41) is 11.3. The third-order valence-electron chi connectivity index (χ3n) is 3.44. The first-order valence-electron chi connectivity index (χ1n) is 5.99. The van der Waals surface area contributed by atoms with Gasteiger partial charge in [-0.3, -0.25) is 0 Å². The lowest BCUT2D eigenvalue weighted by molar-refractivity contribution is 0.211. The van der Waals surface area contributed by atoms with E-state index in [1.807, 2.05) is 11.3 Å². The Balaban J connectivity index is 1.94. The quantitative estimate of drug-likeness (QED) is 0.872. The van der Waals surface area contributed by atoms with E-state index in [0.717, 1.165) is 26.1 Å². The van der Waals surface area contributed by atoms with Gasteiger partial charge in [-0.05, 0) is 30.3 Å². The molecule has 0 aromatic carbocycles. The fraction of sp³-hybridized carbons (Fsp3) is 0.692. The second kappa shape index (κ2) is 4.86. The molecule has 3 heteroatoms. The second-order valence-corrected chi connectivity index (χ2v) is 6.38. The van der Waals surface area contributed by atoms with Crippen LogP contribution in [0.2, 0.25) is 0 Å². The molecule has 1 aromatic heterocycles. The van der Waals surface area contributed by atoms with E-state index >= 15 is 0 Å². The van der Waals surface area contributed by atoms with E-state index in [4.69, 9.17) is 5.11 Å². The third-order valence-corrected chi connectivity index (χ3v) is 4.67. The molecular formula is C13H21NOS. The van der Waals surface area contributed by atoms with Gasteiger partial charge in [-0.25, -0.2) is 0 Å². The van der Waals surface area contributed by atoms with Crippen LogP contribution in [0.4, 0.5) is 0 Å². The number of hydrogen-bond acceptors (Lipinski definition) is 3. The Bertz CT molecular complexity index is 321. The standard InChI is InChI=1S/C13H21NOS/c1-13(2,12-4-3-7-16-12)10-14-6-5-11(8-14)9-15/h3-4,7,11,15H,5-6,8-10H2,1-2H3. The van der Waals surface area contributed by atoms with E-state index in [2.05, 4.69) is 36.3 Å². The summed E-state index contributed by atoms with van der Waals surface area (Å²) < 4.78 is 0. The molecule has 1 fully saturated rings. The number of hydrogen-bond donors (Lipinski definition) is 1. The van der Waals surface area contributed by atoms with Crippen LogP contribution in [0.3, 0.4) is 0 Å². The van der Waals surface area contributed by atoms with Gasteiger partial charge in [0.15, 0.2) is 0 Å². The molecule has 0 spiro atoms. The van der Waals surface area contributed by atoms with Crippen LogP contribution in [-0.2, 0) is 5.41 Å². The molecule has 0 amide bonds. The van der Waals surface area contributed by atoms with Crippen LogP contribution in [0.15, 0.2) is 17.5 Å². The van der Waals surface area contributed by atoms with E-state index < -0.39 is 0 Å². The van der Waals surface area contributed by atoms with Crippen molar-refractivity contribution >= 4 is 11.3 Å². The fourth-order valence-electron chi connectivity index (χ4n) is 2.51. The maximum atomic E-state index is 9.14. The van der Waals surface area contributed by atoms with Crippen LogP contribution in [0.25, 0.3) is 0 Å². The summed E-state index contributed by atoms with van der Waals surface area (Å²) in [5.74, 6) is 0.499. The van der Waals surface area contributed by atoms with Gasteiger partial charge in [0.25, 0.3) is 0 Å². The average molecular weight is 239 g/mol. The number of nitrogens with zero attached hydrogens (tertiary/aromatic N) is 1. The summed E-state index contributed by atoms with van der Waals surface area (Å²) in [5.41, 5.74) is 0.235. The van der Waals surface area contributed by atoms with Gasteiger partial charge in [0.1, 0.15) is 0 Å². The van der Waals surface area contributed by atoms with Crippen LogP contribution >= 0.6 is 11.3 Å². The first-order valence-corrected chi connectivity index (χ1v) is 6.87. The molecule has 1 saturated heterocycles. The SMILES string of the molecule is CC(C)(CN1CCC(CO)C1)c1cccs1. The molecule has 1 aliphatic rings. The monoisotopic (exact) mass is 239 g/mol. The summed E-state index contributed by atoms with van der Waals surface area (Å²) in [4.78, 5) is 3.94. The van der Waals surface area contributed by atoms with Crippen LogP contribution in [0, 0.1) is 5.92 Å². The molecule has 0 saturated carbocycles. The zero-order valence-electron chi connectivity index (χ0n) is 10.1. The van der Waals surface area contributed by atoms with E-state index in [1.54, 1.807) is 0 Å². The highest BCUT2D eigenvalue weighted by atomic mass is 32.1. The molecule has 16 heavy (non-hydrogen) atoms. The number of rotatable bonds is 4. The predicted molar refractivity (Wildman–Crippen MR) is 69.0 cm³/mol. The van der Waals surface area contributed by atoms with Gasteiger partial charge in [-0.1, -0.05) is 19.9 Å². The van der Waals surface area contributed by atoms with Crippen LogP contribution < -0.4 is 0 Å². The van der Waals surface area contributed by atoms with E-state index in [-0.39, 0.29) is 5.41 Å². The topological polar surface area (TPSA) is 23.5 Å². The van der Waals surface area contributed by atoms with Crippen molar-refractivity contribution in [1.82, 2.24) is 4.90 Å². The minimum absolute atomic E-state index is 0.235. The maximum Gasteiger partial charge on any atom is 0.0471 e. The highest BCUT2D eigenvalue weighted by molar-refractivity contribution is 7.10. The van der Waals surface area contributed by atoms with Crippen molar-refractivity contribution in [3.8, 4) is 0 Å². The lowest BCUT2D eigenvalue weighted by Gasteiger charge is -2.29. The predicted octanol–water partition coefficient (Wildman–Crippen LogP) is 2.34. The lowest BCUT2D eigenvalue weighted by atomic mass is 9.91. The van der Waals surface area contributed by atoms with E-state index in [9.17, 15) is 0 Å². The largest absolute Gasteiger partial charge is 0.396 e. The van der Waals surface area contributed by atoms with Gasteiger partial charge in [0, 0.05) is 30.0 Å². The third kappa shape index (κ3) is 2.65. The van der Waals surface area contributed by atoms with E-state index in [1.165, 1.54) is 4.88 Å². The van der Waals surface area contributed by atoms with Gasteiger partial charge in [0.05, 0.1) is 0 Å². The van der Waals surface area contributed by atoms with Crippen molar-refractivity contribution in [3.05, 3.63) is 22.4 Å². The Morgan fingerprint density at radius 2 is 2.38 bits per heavy atom. The molecule has 1 N–H and O–H groups in total. The number of likely N-dealkylation sites (tertiary alicyclic amines) is 1. The Kier molecular flexibility index (Phi) is 3.67. The van der Waals surface area contributed by atoms with Crippen molar-refractivity contribution < 1.29 is 5.11 Å². The first-order chi connectivity index (χ1) is 7.62. The smallest absolute Gasteiger partial charge is 0.0471 e. The molecule has 1 atom stereocenters. The molecular weight excluding hydrogens is 218 g/mol. The van der Waals surface area contributed by atoms with Crippen molar-refractivity contribution in [2.75, 3.05) is 26.2 Å². The van der Waals surface area contributed by atoms with Crippen molar-refractivity contribution in [1.29, 1.82) is 0 Å². The van der Waals surface area contributed by atoms with Crippen molar-refractivity contribution in [2.24, 2.45) is 5.92 Å². The molecule has 90 valence electrons. The normalized spacial score (nSPS) is 22.8. The molecule has 2 nitrogen and oxygen atoms in total. The zero-order chi connectivity index (χ0) is 11.6. The summed E-state index contributed by atoms with van der Waals surface area (Å²) in [6.45, 7) is 8.27. The van der Waals surface area contributed by atoms with E-state index in [0.29, 0.717) is 12.5 Å². The average Bonchev–Trinajstić information content (AvgIpc) is 2.86. The molecule has 0 aliphatic carbocycles. The maximum absolute atomic E-state index is 9.14. The number of aliphatic hydroxyl groups excluding tert-OH is 1. The molecule has 0 bridgehead atoms. The molecule has 2 rings (SSSR count). The summed E-state index contributed by atoms with van der Waals surface area (Å²) in [7, 11) is 0. The fourth-order valence-corrected chi connectivity index (χ4v) is 3.35. The zero-order valence-corrected chi connectivity index (χ0v) is 11.0. The summed E-state index contributed by atoms with van der Waals surface area (Å²) in [6.07, 6.45) is 1.15. The lowest BCUT2D eigenvalue weighted by Crippen LogP contribution is -2.35. The first kappa shape index (κ1) is 12.1. The molecule has 2 heterocycles. The summed E-state index contributed by atoms with van der Waals surface area (Å²) >= 11 is 1.84. The Hall–Kier alpha value is -0.380. The van der Waals surface area contributed by atoms with Crippen molar-refractivity contribution in [2.45, 2.75) is 25.7 Å². The Morgan fingerprint density at radius 3 is 2.94 bits per heavy atom. The van der Waals surface area contributed by atoms with Gasteiger partial charge in [-0.15, -0.1) is 11.3 Å². The highest BCUT2D eigenvalue weighted by Crippen LogP contribution is 2.30. The van der Waals surface area contributed by atoms with Gasteiger partial charge in [-0.2, -0.15) is 0 Å². The molecule has 1 aliphatic heterocycles. The van der Waals surface area contributed by atoms with Crippen LogP contribution in [0.1, 0.15) is 25.1 Å². The summed E-state index contributed by atoms with van der Waals surface area (Å²) in [6, 6.07) is 4.35. The highest BCUT2D eigenvalue weighted by Gasteiger charge is 2.29. The van der Waals surface area contributed by atoms with Gasteiger partial charge >= 0.3 is 0 Å². The Labute approximate surface area is 102 Å².